The van der Waals surface area contributed by atoms with Crippen LogP contribution in [0.25, 0.3) is 16.5 Å². The van der Waals surface area contributed by atoms with Crippen LogP contribution in [-0.4, -0.2) is 35.5 Å². The summed E-state index contributed by atoms with van der Waals surface area (Å²) in [6.07, 6.45) is 0.651. The molecule has 0 unspecified atom stereocenters. The molecule has 0 spiro atoms. The van der Waals surface area contributed by atoms with Gasteiger partial charge in [-0.05, 0) is 28.3 Å². The number of methoxy groups -OCH3 is 1. The average molecular weight is 344 g/mol. The zero-order chi connectivity index (χ0) is 17.8. The molecule has 0 amide bonds. The van der Waals surface area contributed by atoms with Crippen molar-refractivity contribution >= 4 is 22.4 Å². The van der Waals surface area contributed by atoms with Gasteiger partial charge < -0.3 is 9.72 Å². The molecule has 3 aromatic rings. The first-order valence-electron chi connectivity index (χ1n) is 8.89. The Balaban J connectivity index is 1.79. The Labute approximate surface area is 152 Å². The van der Waals surface area contributed by atoms with Crippen LogP contribution in [0.5, 0.6) is 0 Å². The lowest BCUT2D eigenvalue weighted by Gasteiger charge is -2.44. The monoisotopic (exact) mass is 344 g/mol. The first kappa shape index (κ1) is 15.4. The molecule has 0 saturated heterocycles. The number of fused-ring (bicyclic) bond motifs is 7. The lowest BCUT2D eigenvalue weighted by Crippen LogP contribution is -2.51. The summed E-state index contributed by atoms with van der Waals surface area (Å²) in [7, 11) is 1.47. The normalized spacial score (nSPS) is 21.8. The number of hydrogen-bond donors (Lipinski definition) is 1. The summed E-state index contributed by atoms with van der Waals surface area (Å²) < 4.78 is 5.15. The highest BCUT2D eigenvalue weighted by Crippen LogP contribution is 2.46. The second-order valence-corrected chi connectivity index (χ2v) is 7.07. The summed E-state index contributed by atoms with van der Waals surface area (Å²) in [5, 5.41) is 1.19. The van der Waals surface area contributed by atoms with Gasteiger partial charge in [-0.15, -0.1) is 0 Å². The van der Waals surface area contributed by atoms with E-state index in [-0.39, 0.29) is 18.1 Å². The number of rotatable bonds is 1. The van der Waals surface area contributed by atoms with Crippen LogP contribution in [0.2, 0.25) is 0 Å². The van der Waals surface area contributed by atoms with Crippen molar-refractivity contribution < 1.29 is 9.53 Å². The molecule has 5 rings (SSSR count). The Kier molecular flexibility index (Phi) is 3.31. The van der Waals surface area contributed by atoms with Crippen molar-refractivity contribution in [3.05, 3.63) is 77.5 Å². The maximum Gasteiger partial charge on any atom is 0.323 e. The number of nitrogens with one attached hydrogen (secondary N) is 1. The molecule has 0 saturated carbocycles. The van der Waals surface area contributed by atoms with E-state index in [0.717, 1.165) is 11.1 Å². The maximum absolute atomic E-state index is 12.6. The van der Waals surface area contributed by atoms with E-state index in [0.29, 0.717) is 13.0 Å². The molecule has 2 aliphatic rings. The van der Waals surface area contributed by atoms with Gasteiger partial charge in [-0.25, -0.2) is 0 Å². The summed E-state index contributed by atoms with van der Waals surface area (Å²) in [5.41, 5.74) is 6.95. The van der Waals surface area contributed by atoms with Crippen molar-refractivity contribution in [2.24, 2.45) is 0 Å². The number of H-pyrrole nitrogens is 1. The van der Waals surface area contributed by atoms with Crippen LogP contribution in [0.3, 0.4) is 0 Å². The highest BCUT2D eigenvalue weighted by atomic mass is 16.5. The van der Waals surface area contributed by atoms with Gasteiger partial charge in [0.1, 0.15) is 6.04 Å². The van der Waals surface area contributed by atoms with Gasteiger partial charge in [-0.1, -0.05) is 49.0 Å². The molecule has 0 aliphatic carbocycles. The molecule has 4 nitrogen and oxygen atoms in total. The summed E-state index contributed by atoms with van der Waals surface area (Å²) in [6.45, 7) is 4.92. The van der Waals surface area contributed by atoms with Crippen molar-refractivity contribution in [1.29, 1.82) is 0 Å². The second-order valence-electron chi connectivity index (χ2n) is 7.07. The van der Waals surface area contributed by atoms with E-state index in [1.54, 1.807) is 0 Å². The Hall–Kier alpha value is -2.85. The zero-order valence-electron chi connectivity index (χ0n) is 14.7. The molecule has 0 fully saturated rings. The second kappa shape index (κ2) is 5.58. The van der Waals surface area contributed by atoms with Crippen LogP contribution >= 0.6 is 0 Å². The third kappa shape index (κ3) is 2.02. The highest BCUT2D eigenvalue weighted by Gasteiger charge is 2.44. The summed E-state index contributed by atoms with van der Waals surface area (Å²) in [5.74, 6) is -0.182. The van der Waals surface area contributed by atoms with Gasteiger partial charge in [-0.3, -0.25) is 9.69 Å². The van der Waals surface area contributed by atoms with Crippen LogP contribution in [0, 0.1) is 0 Å². The number of ether oxygens (including phenoxy) is 1. The molecular formula is C22H20N2O2. The van der Waals surface area contributed by atoms with Crippen LogP contribution in [-0.2, 0) is 16.0 Å². The topological polar surface area (TPSA) is 45.3 Å². The van der Waals surface area contributed by atoms with E-state index < -0.39 is 0 Å². The van der Waals surface area contributed by atoms with Gasteiger partial charge in [0.15, 0.2) is 0 Å². The van der Waals surface area contributed by atoms with Gasteiger partial charge in [0.05, 0.1) is 13.2 Å². The lowest BCUT2D eigenvalue weighted by atomic mass is 9.81. The zero-order valence-corrected chi connectivity index (χ0v) is 14.7. The number of carbonyl (C=O) groups excluding carboxylic acids is 1. The number of aromatic nitrogens is 1. The predicted octanol–water partition coefficient (Wildman–Crippen LogP) is 3.68. The molecule has 3 heterocycles. The summed E-state index contributed by atoms with van der Waals surface area (Å²) >= 11 is 0. The number of nitrogens with zero attached hydrogens (tertiary/aromatic N) is 1. The number of aromatic amines is 1. The van der Waals surface area contributed by atoms with E-state index in [2.05, 4.69) is 46.8 Å². The molecule has 0 radical (unpaired) electrons. The van der Waals surface area contributed by atoms with Crippen LogP contribution in [0.4, 0.5) is 0 Å². The van der Waals surface area contributed by atoms with Crippen LogP contribution in [0.1, 0.15) is 28.4 Å². The molecule has 4 heteroatoms. The largest absolute Gasteiger partial charge is 0.468 e. The van der Waals surface area contributed by atoms with Crippen LogP contribution < -0.4 is 0 Å². The number of carbonyl (C=O) groups is 1. The minimum absolute atomic E-state index is 0.0111. The first-order chi connectivity index (χ1) is 12.7. The first-order valence-corrected chi connectivity index (χ1v) is 8.89. The van der Waals surface area contributed by atoms with Crippen molar-refractivity contribution in [2.45, 2.75) is 18.5 Å². The number of hydrogen-bond acceptors (Lipinski definition) is 3. The highest BCUT2D eigenvalue weighted by molar-refractivity contribution is 5.88. The van der Waals surface area contributed by atoms with E-state index in [9.17, 15) is 4.79 Å². The minimum Gasteiger partial charge on any atom is -0.468 e. The van der Waals surface area contributed by atoms with Gasteiger partial charge in [-0.2, -0.15) is 0 Å². The fourth-order valence-corrected chi connectivity index (χ4v) is 4.58. The molecule has 26 heavy (non-hydrogen) atoms. The Bertz CT molecular complexity index is 1050. The van der Waals surface area contributed by atoms with Crippen molar-refractivity contribution in [2.75, 3.05) is 13.7 Å². The molecule has 2 aliphatic heterocycles. The van der Waals surface area contributed by atoms with E-state index in [4.69, 9.17) is 4.74 Å². The minimum atomic E-state index is -0.304. The van der Waals surface area contributed by atoms with Crippen molar-refractivity contribution in [3.63, 3.8) is 0 Å². The van der Waals surface area contributed by atoms with E-state index in [1.165, 1.54) is 34.9 Å². The number of benzene rings is 2. The van der Waals surface area contributed by atoms with Gasteiger partial charge in [0, 0.05) is 29.6 Å². The third-order valence-corrected chi connectivity index (χ3v) is 5.73. The standard InChI is InChI=1S/C22H20N2O2/c1-13-12-24-19(22(25)26-2)11-17-15-8-5-6-10-18(15)23-20(17)21(24)16-9-4-3-7-14(13)16/h3-10,19,21,23H,1,11-12H2,2H3/t19-,21-/m0/s1. The molecule has 2 aromatic carbocycles. The summed E-state index contributed by atoms with van der Waals surface area (Å²) in [6, 6.07) is 16.4. The summed E-state index contributed by atoms with van der Waals surface area (Å²) in [4.78, 5) is 18.5. The lowest BCUT2D eigenvalue weighted by molar-refractivity contribution is -0.148. The molecule has 130 valence electrons. The SMILES string of the molecule is C=C1CN2[C@@H](c3ccccc31)c1[nH]c3ccccc3c1C[C@H]2C(=O)OC. The quantitative estimate of drug-likeness (QED) is 0.685. The van der Waals surface area contributed by atoms with E-state index >= 15 is 0 Å². The average Bonchev–Trinajstić information content (AvgIpc) is 3.05. The fraction of sp³-hybridized carbons (Fsp3) is 0.227. The van der Waals surface area contributed by atoms with Crippen molar-refractivity contribution in [1.82, 2.24) is 9.88 Å². The van der Waals surface area contributed by atoms with E-state index in [1.807, 2.05) is 18.2 Å². The molecule has 2 atom stereocenters. The third-order valence-electron chi connectivity index (χ3n) is 5.73. The van der Waals surface area contributed by atoms with Crippen LogP contribution in [0.15, 0.2) is 55.1 Å². The molecular weight excluding hydrogens is 324 g/mol. The Morgan fingerprint density at radius 2 is 1.96 bits per heavy atom. The number of esters is 1. The van der Waals surface area contributed by atoms with Crippen molar-refractivity contribution in [3.8, 4) is 0 Å². The van der Waals surface area contributed by atoms with Gasteiger partial charge in [0.2, 0.25) is 0 Å². The number of para-hydroxylation sites is 1. The fourth-order valence-electron chi connectivity index (χ4n) is 4.58. The predicted molar refractivity (Wildman–Crippen MR) is 102 cm³/mol. The molecule has 1 N–H and O–H groups in total. The smallest absolute Gasteiger partial charge is 0.323 e. The molecule has 0 bridgehead atoms. The Morgan fingerprint density at radius 3 is 2.81 bits per heavy atom. The molecule has 1 aromatic heterocycles. The Morgan fingerprint density at radius 1 is 1.19 bits per heavy atom. The maximum atomic E-state index is 12.6. The van der Waals surface area contributed by atoms with Gasteiger partial charge >= 0.3 is 5.97 Å². The van der Waals surface area contributed by atoms with Gasteiger partial charge in [0.25, 0.3) is 0 Å².